The largest absolute Gasteiger partial charge is 0.396 e. The van der Waals surface area contributed by atoms with Crippen LogP contribution in [-0.4, -0.2) is 23.8 Å². The van der Waals surface area contributed by atoms with Crippen molar-refractivity contribution < 1.29 is 9.90 Å². The van der Waals surface area contributed by atoms with Gasteiger partial charge in [-0.1, -0.05) is 17.7 Å². The summed E-state index contributed by atoms with van der Waals surface area (Å²) in [5.41, 5.74) is 4.79. The van der Waals surface area contributed by atoms with E-state index in [1.807, 2.05) is 6.92 Å². The number of urea groups is 1. The van der Waals surface area contributed by atoms with Crippen LogP contribution in [0.2, 0.25) is 0 Å². The second-order valence-corrected chi connectivity index (χ2v) is 5.12. The fourth-order valence-electron chi connectivity index (χ4n) is 2.20. The summed E-state index contributed by atoms with van der Waals surface area (Å²) in [5.74, 6) is 0. The molecular weight excluding hydrogens is 240 g/mol. The Labute approximate surface area is 115 Å². The third-order valence-electron chi connectivity index (χ3n) is 3.21. The van der Waals surface area contributed by atoms with Gasteiger partial charge in [-0.05, 0) is 50.8 Å². The number of carbonyl (C=O) groups is 1. The maximum atomic E-state index is 11.7. The highest BCUT2D eigenvalue weighted by Crippen LogP contribution is 2.15. The molecule has 0 radical (unpaired) electrons. The Morgan fingerprint density at radius 1 is 1.26 bits per heavy atom. The summed E-state index contributed by atoms with van der Waals surface area (Å²) < 4.78 is 0. The Bertz CT molecular complexity index is 421. The predicted molar refractivity (Wildman–Crippen MR) is 77.2 cm³/mol. The van der Waals surface area contributed by atoms with Crippen LogP contribution in [0.15, 0.2) is 12.1 Å². The first-order chi connectivity index (χ1) is 8.93. The molecule has 0 unspecified atom stereocenters. The molecule has 0 aliphatic rings. The van der Waals surface area contributed by atoms with Crippen molar-refractivity contribution >= 4 is 6.03 Å². The number of hydrogen-bond acceptors (Lipinski definition) is 2. The van der Waals surface area contributed by atoms with Crippen molar-refractivity contribution in [2.24, 2.45) is 0 Å². The van der Waals surface area contributed by atoms with E-state index in [0.29, 0.717) is 13.0 Å². The number of rotatable bonds is 5. The number of amides is 2. The Morgan fingerprint density at radius 3 is 2.37 bits per heavy atom. The van der Waals surface area contributed by atoms with Gasteiger partial charge in [-0.2, -0.15) is 0 Å². The molecule has 4 nitrogen and oxygen atoms in total. The number of aryl methyl sites for hydroxylation is 3. The number of hydrogen-bond donors (Lipinski definition) is 3. The van der Waals surface area contributed by atoms with E-state index < -0.39 is 0 Å². The van der Waals surface area contributed by atoms with E-state index in [9.17, 15) is 4.79 Å². The van der Waals surface area contributed by atoms with Gasteiger partial charge in [0.2, 0.25) is 0 Å². The van der Waals surface area contributed by atoms with Gasteiger partial charge >= 0.3 is 6.03 Å². The van der Waals surface area contributed by atoms with Crippen LogP contribution < -0.4 is 10.6 Å². The molecule has 0 saturated heterocycles. The van der Waals surface area contributed by atoms with E-state index in [0.717, 1.165) is 5.56 Å². The molecule has 106 valence electrons. The Kier molecular flexibility index (Phi) is 5.83. The monoisotopic (exact) mass is 264 g/mol. The van der Waals surface area contributed by atoms with Crippen LogP contribution in [0, 0.1) is 20.8 Å². The highest BCUT2D eigenvalue weighted by Gasteiger charge is 2.08. The van der Waals surface area contributed by atoms with Crippen molar-refractivity contribution in [3.63, 3.8) is 0 Å². The van der Waals surface area contributed by atoms with Crippen LogP contribution in [0.3, 0.4) is 0 Å². The molecule has 1 rings (SSSR count). The Hall–Kier alpha value is -1.55. The lowest BCUT2D eigenvalue weighted by Gasteiger charge is -2.15. The fraction of sp³-hybridized carbons (Fsp3) is 0.533. The van der Waals surface area contributed by atoms with Crippen molar-refractivity contribution in [1.82, 2.24) is 10.6 Å². The molecule has 0 aliphatic heterocycles. The molecule has 0 aliphatic carbocycles. The van der Waals surface area contributed by atoms with Crippen LogP contribution in [0.1, 0.15) is 35.6 Å². The van der Waals surface area contributed by atoms with E-state index in [1.165, 1.54) is 16.7 Å². The van der Waals surface area contributed by atoms with Crippen LogP contribution in [0.4, 0.5) is 4.79 Å². The molecule has 4 heteroatoms. The van der Waals surface area contributed by atoms with Gasteiger partial charge in [0, 0.05) is 19.2 Å². The highest BCUT2D eigenvalue weighted by molar-refractivity contribution is 5.74. The maximum absolute atomic E-state index is 11.7. The van der Waals surface area contributed by atoms with E-state index in [1.54, 1.807) is 0 Å². The molecule has 1 aromatic rings. The van der Waals surface area contributed by atoms with Gasteiger partial charge in [0.25, 0.3) is 0 Å². The molecule has 19 heavy (non-hydrogen) atoms. The van der Waals surface area contributed by atoms with Crippen molar-refractivity contribution in [2.45, 2.75) is 46.7 Å². The highest BCUT2D eigenvalue weighted by atomic mass is 16.3. The van der Waals surface area contributed by atoms with Crippen molar-refractivity contribution in [3.8, 4) is 0 Å². The quantitative estimate of drug-likeness (QED) is 0.763. The van der Waals surface area contributed by atoms with Crippen molar-refractivity contribution in [2.75, 3.05) is 6.61 Å². The molecular formula is C15H24N2O2. The molecule has 2 amide bonds. The standard InChI is InChI=1S/C15H24N2O2/c1-10-7-11(2)14(12(3)8-10)9-16-15(19)17-13(4)5-6-18/h7-8,13,18H,5-6,9H2,1-4H3,(H2,16,17,19)/t13-/m1/s1. The summed E-state index contributed by atoms with van der Waals surface area (Å²) in [5, 5.41) is 14.4. The van der Waals surface area contributed by atoms with Crippen LogP contribution in [-0.2, 0) is 6.54 Å². The molecule has 0 aromatic heterocycles. The zero-order valence-corrected chi connectivity index (χ0v) is 12.2. The average molecular weight is 264 g/mol. The van der Waals surface area contributed by atoms with Crippen molar-refractivity contribution in [3.05, 3.63) is 34.4 Å². The number of aliphatic hydroxyl groups is 1. The predicted octanol–water partition coefficient (Wildman–Crippen LogP) is 2.18. The SMILES string of the molecule is Cc1cc(C)c(CNC(=O)N[C@H](C)CCO)c(C)c1. The lowest BCUT2D eigenvalue weighted by molar-refractivity contribution is 0.230. The third kappa shape index (κ3) is 4.91. The molecule has 3 N–H and O–H groups in total. The van der Waals surface area contributed by atoms with Gasteiger partial charge in [-0.3, -0.25) is 0 Å². The first kappa shape index (κ1) is 15.5. The summed E-state index contributed by atoms with van der Waals surface area (Å²) >= 11 is 0. The van der Waals surface area contributed by atoms with E-state index >= 15 is 0 Å². The molecule has 1 atom stereocenters. The summed E-state index contributed by atoms with van der Waals surface area (Å²) in [7, 11) is 0. The summed E-state index contributed by atoms with van der Waals surface area (Å²) in [6.45, 7) is 8.67. The molecule has 0 saturated carbocycles. The molecule has 0 spiro atoms. The molecule has 0 heterocycles. The Morgan fingerprint density at radius 2 is 1.84 bits per heavy atom. The van der Waals surface area contributed by atoms with E-state index in [-0.39, 0.29) is 18.7 Å². The van der Waals surface area contributed by atoms with Crippen LogP contribution >= 0.6 is 0 Å². The average Bonchev–Trinajstić information content (AvgIpc) is 2.27. The second-order valence-electron chi connectivity index (χ2n) is 5.12. The van der Waals surface area contributed by atoms with Gasteiger partial charge in [0.05, 0.1) is 0 Å². The first-order valence-electron chi connectivity index (χ1n) is 6.66. The first-order valence-corrected chi connectivity index (χ1v) is 6.66. The van der Waals surface area contributed by atoms with Gasteiger partial charge in [-0.15, -0.1) is 0 Å². The van der Waals surface area contributed by atoms with Gasteiger partial charge < -0.3 is 15.7 Å². The summed E-state index contributed by atoms with van der Waals surface area (Å²) in [6, 6.07) is 4.03. The minimum Gasteiger partial charge on any atom is -0.396 e. The maximum Gasteiger partial charge on any atom is 0.315 e. The van der Waals surface area contributed by atoms with Gasteiger partial charge in [0.15, 0.2) is 0 Å². The smallest absolute Gasteiger partial charge is 0.315 e. The van der Waals surface area contributed by atoms with Crippen molar-refractivity contribution in [1.29, 1.82) is 0 Å². The number of carbonyl (C=O) groups excluding carboxylic acids is 1. The number of aliphatic hydroxyl groups excluding tert-OH is 1. The fourth-order valence-corrected chi connectivity index (χ4v) is 2.20. The lowest BCUT2D eigenvalue weighted by atomic mass is 10.00. The summed E-state index contributed by atoms with van der Waals surface area (Å²) in [6.07, 6.45) is 0.565. The van der Waals surface area contributed by atoms with Gasteiger partial charge in [0.1, 0.15) is 0 Å². The van der Waals surface area contributed by atoms with E-state index in [4.69, 9.17) is 5.11 Å². The normalized spacial score (nSPS) is 12.1. The lowest BCUT2D eigenvalue weighted by Crippen LogP contribution is -2.40. The van der Waals surface area contributed by atoms with E-state index in [2.05, 4.69) is 43.5 Å². The number of nitrogens with one attached hydrogen (secondary N) is 2. The minimum absolute atomic E-state index is 0.0230. The third-order valence-corrected chi connectivity index (χ3v) is 3.21. The minimum atomic E-state index is -0.194. The molecule has 1 aromatic carbocycles. The molecule has 0 fully saturated rings. The van der Waals surface area contributed by atoms with Gasteiger partial charge in [-0.25, -0.2) is 4.79 Å². The molecule has 0 bridgehead atoms. The van der Waals surface area contributed by atoms with Crippen LogP contribution in [0.25, 0.3) is 0 Å². The number of benzene rings is 1. The van der Waals surface area contributed by atoms with Crippen LogP contribution in [0.5, 0.6) is 0 Å². The topological polar surface area (TPSA) is 61.4 Å². The Balaban J connectivity index is 2.55. The zero-order chi connectivity index (χ0) is 14.4. The summed E-state index contributed by atoms with van der Waals surface area (Å²) in [4.78, 5) is 11.7. The second kappa shape index (κ2) is 7.14. The zero-order valence-electron chi connectivity index (χ0n) is 12.2.